The van der Waals surface area contributed by atoms with Crippen LogP contribution in [0.1, 0.15) is 5.56 Å². The molecular weight excluding hydrogens is 408 g/mol. The molecule has 0 atom stereocenters. The first-order valence-electron chi connectivity index (χ1n) is 8.91. The fourth-order valence-corrected chi connectivity index (χ4v) is 4.18. The lowest BCUT2D eigenvalue weighted by molar-refractivity contribution is -0.123. The average Bonchev–Trinajstić information content (AvgIpc) is 3.01. The van der Waals surface area contributed by atoms with E-state index in [0.717, 1.165) is 32.9 Å². The van der Waals surface area contributed by atoms with Crippen molar-refractivity contribution >= 4 is 46.7 Å². The van der Waals surface area contributed by atoms with E-state index in [0.29, 0.717) is 4.91 Å². The van der Waals surface area contributed by atoms with Crippen molar-refractivity contribution in [1.29, 1.82) is 0 Å². The molecule has 3 amide bonds. The fraction of sp³-hybridized carbons (Fsp3) is 0.190. The molecule has 1 aliphatic rings. The van der Waals surface area contributed by atoms with Gasteiger partial charge in [-0.1, -0.05) is 30.3 Å². The first-order chi connectivity index (χ1) is 14.1. The molecular formula is C21H20N2O4S2. The number of carbonyl (C=O) groups is 3. The van der Waals surface area contributed by atoms with Crippen LogP contribution in [-0.2, 0) is 9.59 Å². The third kappa shape index (κ3) is 5.88. The molecule has 0 radical (unpaired) electrons. The van der Waals surface area contributed by atoms with E-state index in [2.05, 4.69) is 5.32 Å². The molecule has 6 nitrogen and oxygen atoms in total. The van der Waals surface area contributed by atoms with Gasteiger partial charge in [0.05, 0.1) is 17.8 Å². The van der Waals surface area contributed by atoms with E-state index in [9.17, 15) is 14.4 Å². The van der Waals surface area contributed by atoms with E-state index in [1.807, 2.05) is 42.5 Å². The summed E-state index contributed by atoms with van der Waals surface area (Å²) < 4.78 is 5.11. The molecule has 1 fully saturated rings. The number of benzene rings is 2. The highest BCUT2D eigenvalue weighted by molar-refractivity contribution is 8.18. The van der Waals surface area contributed by atoms with Crippen LogP contribution in [0.4, 0.5) is 4.79 Å². The molecule has 8 heteroatoms. The maximum absolute atomic E-state index is 12.5. The Morgan fingerprint density at radius 3 is 2.55 bits per heavy atom. The zero-order valence-electron chi connectivity index (χ0n) is 15.8. The van der Waals surface area contributed by atoms with Gasteiger partial charge in [0.15, 0.2) is 0 Å². The summed E-state index contributed by atoms with van der Waals surface area (Å²) in [7, 11) is 1.58. The number of hydrogen-bond acceptors (Lipinski definition) is 6. The Morgan fingerprint density at radius 1 is 1.14 bits per heavy atom. The fourth-order valence-electron chi connectivity index (χ4n) is 2.57. The molecule has 0 unspecified atom stereocenters. The maximum atomic E-state index is 12.5. The minimum atomic E-state index is -0.344. The highest BCUT2D eigenvalue weighted by Gasteiger charge is 2.34. The Morgan fingerprint density at radius 2 is 1.86 bits per heavy atom. The van der Waals surface area contributed by atoms with Gasteiger partial charge in [-0.2, -0.15) is 0 Å². The van der Waals surface area contributed by atoms with Gasteiger partial charge in [0, 0.05) is 18.0 Å². The first-order valence-corrected chi connectivity index (χ1v) is 10.7. The number of hydrogen-bond donors (Lipinski definition) is 1. The molecule has 1 N–H and O–H groups in total. The number of ether oxygens (including phenoxy) is 1. The lowest BCUT2D eigenvalue weighted by Gasteiger charge is -2.13. The second-order valence-electron chi connectivity index (χ2n) is 6.06. The van der Waals surface area contributed by atoms with E-state index < -0.39 is 0 Å². The Kier molecular flexibility index (Phi) is 7.37. The second kappa shape index (κ2) is 10.2. The predicted octanol–water partition coefficient (Wildman–Crippen LogP) is 3.64. The van der Waals surface area contributed by atoms with Gasteiger partial charge in [0.2, 0.25) is 5.91 Å². The molecule has 1 aliphatic heterocycles. The summed E-state index contributed by atoms with van der Waals surface area (Å²) in [5.41, 5.74) is 0.808. The SMILES string of the molecule is COc1ccc(C=C2SC(=O)N(CCNC(=O)CSc3ccccc3)C2=O)cc1. The van der Waals surface area contributed by atoms with Crippen molar-refractivity contribution in [1.82, 2.24) is 10.2 Å². The molecule has 1 saturated heterocycles. The van der Waals surface area contributed by atoms with Crippen LogP contribution >= 0.6 is 23.5 Å². The van der Waals surface area contributed by atoms with Crippen LogP contribution in [-0.4, -0.2) is 47.9 Å². The molecule has 1 heterocycles. The zero-order chi connectivity index (χ0) is 20.6. The van der Waals surface area contributed by atoms with E-state index in [4.69, 9.17) is 4.74 Å². The van der Waals surface area contributed by atoms with Crippen molar-refractivity contribution in [2.75, 3.05) is 26.0 Å². The van der Waals surface area contributed by atoms with Crippen LogP contribution in [0.3, 0.4) is 0 Å². The van der Waals surface area contributed by atoms with E-state index in [-0.39, 0.29) is 35.9 Å². The minimum Gasteiger partial charge on any atom is -0.497 e. The number of imide groups is 1. The highest BCUT2D eigenvalue weighted by atomic mass is 32.2. The Hall–Kier alpha value is -2.71. The van der Waals surface area contributed by atoms with Crippen LogP contribution < -0.4 is 10.1 Å². The van der Waals surface area contributed by atoms with Gasteiger partial charge in [-0.3, -0.25) is 19.3 Å². The van der Waals surface area contributed by atoms with E-state index in [1.165, 1.54) is 11.8 Å². The summed E-state index contributed by atoms with van der Waals surface area (Å²) in [4.78, 5) is 39.2. The van der Waals surface area contributed by atoms with Crippen LogP contribution in [0, 0.1) is 0 Å². The molecule has 29 heavy (non-hydrogen) atoms. The predicted molar refractivity (Wildman–Crippen MR) is 116 cm³/mol. The summed E-state index contributed by atoms with van der Waals surface area (Å²) in [6.45, 7) is 0.369. The van der Waals surface area contributed by atoms with Gasteiger partial charge in [-0.05, 0) is 47.7 Å². The minimum absolute atomic E-state index is 0.139. The van der Waals surface area contributed by atoms with Crippen molar-refractivity contribution in [2.45, 2.75) is 4.90 Å². The summed E-state index contributed by atoms with van der Waals surface area (Å²) >= 11 is 2.34. The zero-order valence-corrected chi connectivity index (χ0v) is 17.4. The molecule has 0 aromatic heterocycles. The Bertz CT molecular complexity index is 914. The third-order valence-corrected chi connectivity index (χ3v) is 5.98. The third-order valence-electron chi connectivity index (χ3n) is 4.06. The van der Waals surface area contributed by atoms with E-state index >= 15 is 0 Å². The first kappa shape index (κ1) is 21.0. The lowest BCUT2D eigenvalue weighted by Crippen LogP contribution is -2.37. The molecule has 0 saturated carbocycles. The van der Waals surface area contributed by atoms with Crippen molar-refractivity contribution in [2.24, 2.45) is 0 Å². The largest absolute Gasteiger partial charge is 0.497 e. The number of rotatable bonds is 8. The molecule has 0 spiro atoms. The number of nitrogens with one attached hydrogen (secondary N) is 1. The van der Waals surface area contributed by atoms with Crippen LogP contribution in [0.15, 0.2) is 64.4 Å². The normalized spacial score (nSPS) is 15.1. The Balaban J connectivity index is 1.48. The van der Waals surface area contributed by atoms with Crippen LogP contribution in [0.2, 0.25) is 0 Å². The summed E-state index contributed by atoms with van der Waals surface area (Å²) in [6, 6.07) is 16.8. The second-order valence-corrected chi connectivity index (χ2v) is 8.10. The van der Waals surface area contributed by atoms with Crippen molar-refractivity contribution in [3.05, 3.63) is 65.1 Å². The monoisotopic (exact) mass is 428 g/mol. The maximum Gasteiger partial charge on any atom is 0.293 e. The quantitative estimate of drug-likeness (QED) is 0.511. The number of nitrogens with zero attached hydrogens (tertiary/aromatic N) is 1. The molecule has 150 valence electrons. The van der Waals surface area contributed by atoms with Gasteiger partial charge in [0.25, 0.3) is 11.1 Å². The standard InChI is InChI=1S/C21H20N2O4S2/c1-27-16-9-7-15(8-10-16)13-18-20(25)23(21(26)29-18)12-11-22-19(24)14-28-17-5-3-2-4-6-17/h2-10,13H,11-12,14H2,1H3,(H,22,24). The van der Waals surface area contributed by atoms with Gasteiger partial charge >= 0.3 is 0 Å². The Labute approximate surface area is 177 Å². The highest BCUT2D eigenvalue weighted by Crippen LogP contribution is 2.32. The topological polar surface area (TPSA) is 75.7 Å². The number of amides is 3. The summed E-state index contributed by atoms with van der Waals surface area (Å²) in [6.07, 6.45) is 1.68. The van der Waals surface area contributed by atoms with Gasteiger partial charge in [0.1, 0.15) is 5.75 Å². The van der Waals surface area contributed by atoms with Gasteiger partial charge < -0.3 is 10.1 Å². The molecule has 0 aliphatic carbocycles. The number of carbonyl (C=O) groups excluding carboxylic acids is 3. The smallest absolute Gasteiger partial charge is 0.293 e. The van der Waals surface area contributed by atoms with Crippen molar-refractivity contribution < 1.29 is 19.1 Å². The molecule has 3 rings (SSSR count). The number of thioether (sulfide) groups is 2. The van der Waals surface area contributed by atoms with Crippen LogP contribution in [0.25, 0.3) is 6.08 Å². The molecule has 0 bridgehead atoms. The van der Waals surface area contributed by atoms with Gasteiger partial charge in [-0.25, -0.2) is 0 Å². The average molecular weight is 429 g/mol. The van der Waals surface area contributed by atoms with Crippen LogP contribution in [0.5, 0.6) is 5.75 Å². The summed E-state index contributed by atoms with van der Waals surface area (Å²) in [5.74, 6) is 0.517. The van der Waals surface area contributed by atoms with Crippen molar-refractivity contribution in [3.8, 4) is 5.75 Å². The molecule has 2 aromatic rings. The molecule has 2 aromatic carbocycles. The van der Waals surface area contributed by atoms with Gasteiger partial charge in [-0.15, -0.1) is 11.8 Å². The van der Waals surface area contributed by atoms with Crippen molar-refractivity contribution in [3.63, 3.8) is 0 Å². The number of methoxy groups -OCH3 is 1. The lowest BCUT2D eigenvalue weighted by atomic mass is 10.2. The summed E-state index contributed by atoms with van der Waals surface area (Å²) in [5, 5.41) is 2.42. The van der Waals surface area contributed by atoms with E-state index in [1.54, 1.807) is 25.3 Å².